The summed E-state index contributed by atoms with van der Waals surface area (Å²) in [5.74, 6) is 0. The van der Waals surface area contributed by atoms with Crippen LogP contribution in [0.5, 0.6) is 0 Å². The number of anilines is 1. The fourth-order valence-electron chi connectivity index (χ4n) is 1.82. The molecule has 1 aromatic heterocycles. The van der Waals surface area contributed by atoms with Gasteiger partial charge in [-0.1, -0.05) is 6.07 Å². The molecule has 1 heterocycles. The Hall–Kier alpha value is -2.48. The van der Waals surface area contributed by atoms with Gasteiger partial charge in [0.05, 0.1) is 10.6 Å². The predicted octanol–water partition coefficient (Wildman–Crippen LogP) is 2.41. The highest BCUT2D eigenvalue weighted by Gasteiger charge is 2.25. The SMILES string of the molecule is Cc1ccc(S(=O)(=O)Nc2ccnc(C)c2)c([N+](=O)[O-])c1. The molecule has 1 aromatic carbocycles. The molecular weight excluding hydrogens is 294 g/mol. The van der Waals surface area contributed by atoms with Gasteiger partial charge in [-0.15, -0.1) is 0 Å². The van der Waals surface area contributed by atoms with E-state index in [1.807, 2.05) is 0 Å². The Morgan fingerprint density at radius 2 is 1.90 bits per heavy atom. The van der Waals surface area contributed by atoms with Crippen molar-refractivity contribution in [1.29, 1.82) is 0 Å². The Balaban J connectivity index is 2.47. The van der Waals surface area contributed by atoms with Crippen molar-refractivity contribution < 1.29 is 13.3 Å². The van der Waals surface area contributed by atoms with Crippen molar-refractivity contribution in [2.75, 3.05) is 4.72 Å². The first-order valence-electron chi connectivity index (χ1n) is 6.00. The summed E-state index contributed by atoms with van der Waals surface area (Å²) in [7, 11) is -4.04. The molecule has 0 aliphatic rings. The summed E-state index contributed by atoms with van der Waals surface area (Å²) in [6.45, 7) is 3.37. The first kappa shape index (κ1) is 14.9. The summed E-state index contributed by atoms with van der Waals surface area (Å²) in [4.78, 5) is 13.9. The summed E-state index contributed by atoms with van der Waals surface area (Å²) >= 11 is 0. The highest BCUT2D eigenvalue weighted by atomic mass is 32.2. The van der Waals surface area contributed by atoms with Crippen molar-refractivity contribution in [3.05, 3.63) is 57.9 Å². The molecule has 0 aliphatic carbocycles. The second-order valence-corrected chi connectivity index (χ2v) is 6.17. The number of aryl methyl sites for hydroxylation is 2. The number of sulfonamides is 1. The summed E-state index contributed by atoms with van der Waals surface area (Å²) < 4.78 is 26.9. The van der Waals surface area contributed by atoms with Gasteiger partial charge < -0.3 is 0 Å². The summed E-state index contributed by atoms with van der Waals surface area (Å²) in [5, 5.41) is 11.0. The molecule has 0 bridgehead atoms. The zero-order chi connectivity index (χ0) is 15.6. The lowest BCUT2D eigenvalue weighted by atomic mass is 10.2. The summed E-state index contributed by atoms with van der Waals surface area (Å²) in [6, 6.07) is 6.98. The van der Waals surface area contributed by atoms with E-state index in [4.69, 9.17) is 0 Å². The fraction of sp³-hybridized carbons (Fsp3) is 0.154. The van der Waals surface area contributed by atoms with Crippen molar-refractivity contribution >= 4 is 21.4 Å². The lowest BCUT2D eigenvalue weighted by molar-refractivity contribution is -0.387. The largest absolute Gasteiger partial charge is 0.290 e. The lowest BCUT2D eigenvalue weighted by Gasteiger charge is -2.09. The molecule has 0 amide bonds. The van der Waals surface area contributed by atoms with E-state index < -0.39 is 20.6 Å². The maximum atomic E-state index is 12.3. The van der Waals surface area contributed by atoms with Crippen molar-refractivity contribution in [1.82, 2.24) is 4.98 Å². The molecule has 2 rings (SSSR count). The quantitative estimate of drug-likeness (QED) is 0.690. The van der Waals surface area contributed by atoms with E-state index in [1.54, 1.807) is 13.8 Å². The van der Waals surface area contributed by atoms with Gasteiger partial charge in [0.1, 0.15) is 0 Å². The minimum atomic E-state index is -4.04. The molecule has 1 N–H and O–H groups in total. The lowest BCUT2D eigenvalue weighted by Crippen LogP contribution is -2.15. The van der Waals surface area contributed by atoms with Crippen LogP contribution in [0.4, 0.5) is 11.4 Å². The van der Waals surface area contributed by atoms with Crippen molar-refractivity contribution in [2.24, 2.45) is 0 Å². The molecule has 0 saturated carbocycles. The van der Waals surface area contributed by atoms with Gasteiger partial charge >= 0.3 is 0 Å². The fourth-order valence-corrected chi connectivity index (χ4v) is 3.02. The maximum Gasteiger partial charge on any atom is 0.290 e. The maximum absolute atomic E-state index is 12.3. The molecule has 0 aliphatic heterocycles. The molecule has 0 saturated heterocycles. The summed E-state index contributed by atoms with van der Waals surface area (Å²) in [6.07, 6.45) is 1.46. The second kappa shape index (κ2) is 5.49. The van der Waals surface area contributed by atoms with Crippen LogP contribution in [0.25, 0.3) is 0 Å². The number of benzene rings is 1. The molecule has 7 nitrogen and oxygen atoms in total. The van der Waals surface area contributed by atoms with Gasteiger partial charge in [-0.2, -0.15) is 0 Å². The first-order valence-corrected chi connectivity index (χ1v) is 7.48. The Morgan fingerprint density at radius 1 is 1.19 bits per heavy atom. The number of aromatic nitrogens is 1. The number of hydrogen-bond donors (Lipinski definition) is 1. The Kier molecular flexibility index (Phi) is 3.90. The number of rotatable bonds is 4. The number of nitro benzene ring substituents is 1. The molecule has 110 valence electrons. The number of nitrogens with zero attached hydrogens (tertiary/aromatic N) is 2. The molecule has 8 heteroatoms. The number of nitro groups is 1. The van der Waals surface area contributed by atoms with E-state index in [2.05, 4.69) is 9.71 Å². The van der Waals surface area contributed by atoms with Crippen molar-refractivity contribution in [3.63, 3.8) is 0 Å². The van der Waals surface area contributed by atoms with Gasteiger partial charge in [0.15, 0.2) is 4.90 Å². The molecule has 0 radical (unpaired) electrons. The Bertz CT molecular complexity index is 803. The number of hydrogen-bond acceptors (Lipinski definition) is 5. The third-order valence-corrected chi connectivity index (χ3v) is 4.18. The average molecular weight is 307 g/mol. The molecule has 0 fully saturated rings. The van der Waals surface area contributed by atoms with E-state index in [-0.39, 0.29) is 4.90 Å². The number of pyridine rings is 1. The Labute approximate surface area is 121 Å². The van der Waals surface area contributed by atoms with E-state index in [0.717, 1.165) is 0 Å². The van der Waals surface area contributed by atoms with Crippen LogP contribution in [-0.2, 0) is 10.0 Å². The van der Waals surface area contributed by atoms with Crippen LogP contribution in [0, 0.1) is 24.0 Å². The second-order valence-electron chi connectivity index (χ2n) is 4.52. The molecular formula is C13H13N3O4S. The van der Waals surface area contributed by atoms with Gasteiger partial charge in [0.2, 0.25) is 0 Å². The molecule has 0 atom stereocenters. The first-order chi connectivity index (χ1) is 9.79. The smallest absolute Gasteiger partial charge is 0.279 e. The Morgan fingerprint density at radius 3 is 2.52 bits per heavy atom. The standard InChI is InChI=1S/C13H13N3O4S/c1-9-3-4-13(12(7-9)16(17)18)21(19,20)15-11-5-6-14-10(2)8-11/h3-8H,1-2H3,(H,14,15). The van der Waals surface area contributed by atoms with Gasteiger partial charge in [-0.25, -0.2) is 8.42 Å². The van der Waals surface area contributed by atoms with Crippen molar-refractivity contribution in [3.8, 4) is 0 Å². The predicted molar refractivity (Wildman–Crippen MR) is 77.6 cm³/mol. The molecule has 0 spiro atoms. The van der Waals surface area contributed by atoms with Crippen LogP contribution in [0.2, 0.25) is 0 Å². The average Bonchev–Trinajstić information content (AvgIpc) is 2.37. The zero-order valence-corrected chi connectivity index (χ0v) is 12.2. The minimum Gasteiger partial charge on any atom is -0.279 e. The molecule has 0 unspecified atom stereocenters. The van der Waals surface area contributed by atoms with E-state index in [1.165, 1.54) is 36.5 Å². The third-order valence-electron chi connectivity index (χ3n) is 2.75. The van der Waals surface area contributed by atoms with Crippen LogP contribution in [-0.4, -0.2) is 18.3 Å². The van der Waals surface area contributed by atoms with Crippen LogP contribution >= 0.6 is 0 Å². The van der Waals surface area contributed by atoms with Crippen LogP contribution in [0.3, 0.4) is 0 Å². The number of nitrogens with one attached hydrogen (secondary N) is 1. The van der Waals surface area contributed by atoms with E-state index in [0.29, 0.717) is 16.9 Å². The van der Waals surface area contributed by atoms with Crippen molar-refractivity contribution in [2.45, 2.75) is 18.7 Å². The highest BCUT2D eigenvalue weighted by molar-refractivity contribution is 7.92. The van der Waals surface area contributed by atoms with E-state index >= 15 is 0 Å². The highest BCUT2D eigenvalue weighted by Crippen LogP contribution is 2.26. The molecule has 21 heavy (non-hydrogen) atoms. The van der Waals surface area contributed by atoms with Gasteiger partial charge in [0.25, 0.3) is 15.7 Å². The molecule has 2 aromatic rings. The van der Waals surface area contributed by atoms with Crippen LogP contribution in [0.1, 0.15) is 11.3 Å². The summed E-state index contributed by atoms with van der Waals surface area (Å²) in [5.41, 5.74) is 1.10. The van der Waals surface area contributed by atoms with Gasteiger partial charge in [0, 0.05) is 18.0 Å². The zero-order valence-electron chi connectivity index (χ0n) is 11.4. The van der Waals surface area contributed by atoms with Crippen LogP contribution in [0.15, 0.2) is 41.4 Å². The van der Waals surface area contributed by atoms with Gasteiger partial charge in [-0.05, 0) is 37.6 Å². The van der Waals surface area contributed by atoms with Gasteiger partial charge in [-0.3, -0.25) is 19.8 Å². The monoisotopic (exact) mass is 307 g/mol. The normalized spacial score (nSPS) is 11.1. The topological polar surface area (TPSA) is 102 Å². The third kappa shape index (κ3) is 3.34. The van der Waals surface area contributed by atoms with Crippen LogP contribution < -0.4 is 4.72 Å². The van der Waals surface area contributed by atoms with E-state index in [9.17, 15) is 18.5 Å². The minimum absolute atomic E-state index is 0.303.